The maximum Gasteiger partial charge on any atom is 0.338 e. The Morgan fingerprint density at radius 1 is 0.794 bits per heavy atom. The Labute approximate surface area is 200 Å². The van der Waals surface area contributed by atoms with Gasteiger partial charge in [-0.05, 0) is 48.4 Å². The number of aliphatic hydroxyl groups excluding tert-OH is 1. The van der Waals surface area contributed by atoms with E-state index in [9.17, 15) is 30.4 Å². The third-order valence-electron chi connectivity index (χ3n) is 4.56. The van der Waals surface area contributed by atoms with Crippen LogP contribution >= 0.6 is 0 Å². The van der Waals surface area contributed by atoms with Gasteiger partial charge in [0.1, 0.15) is 12.4 Å². The lowest BCUT2D eigenvalue weighted by molar-refractivity contribution is 0.169. The van der Waals surface area contributed by atoms with E-state index in [4.69, 9.17) is 4.74 Å². The highest BCUT2D eigenvalue weighted by Crippen LogP contribution is 2.17. The average molecular weight is 536 g/mol. The van der Waals surface area contributed by atoms with Crippen molar-refractivity contribution in [1.29, 1.82) is 0 Å². The van der Waals surface area contributed by atoms with Crippen molar-refractivity contribution in [2.24, 2.45) is 0 Å². The molecule has 0 radical (unpaired) electrons. The van der Waals surface area contributed by atoms with Crippen molar-refractivity contribution in [3.05, 3.63) is 54.1 Å². The largest absolute Gasteiger partial charge is 0.492 e. The number of anilines is 2. The molecule has 2 aromatic carbocycles. The number of nitrogens with one attached hydrogen (secondary N) is 2. The average Bonchev–Trinajstić information content (AvgIpc) is 2.72. The third-order valence-corrected chi connectivity index (χ3v) is 9.09. The van der Waals surface area contributed by atoms with Gasteiger partial charge in [0.05, 0.1) is 19.1 Å². The minimum absolute atomic E-state index is 0.0297. The molecule has 0 amide bonds. The van der Waals surface area contributed by atoms with E-state index in [0.29, 0.717) is 50.4 Å². The Kier molecular flexibility index (Phi) is 9.70. The number of rotatable bonds is 14. The van der Waals surface area contributed by atoms with Gasteiger partial charge in [-0.1, -0.05) is 12.1 Å². The van der Waals surface area contributed by atoms with Gasteiger partial charge in [0.25, 0.3) is 8.87 Å². The summed E-state index contributed by atoms with van der Waals surface area (Å²) in [4.78, 5) is 2.00. The van der Waals surface area contributed by atoms with Crippen LogP contribution in [-0.4, -0.2) is 80.6 Å². The number of hydrogen-bond donors (Lipinski definition) is 3. The number of ether oxygens (including phenoxy) is 1. The summed E-state index contributed by atoms with van der Waals surface area (Å²) in [5.41, 5.74) is 1.49. The van der Waals surface area contributed by atoms with Gasteiger partial charge in [0.15, 0.2) is 0 Å². The molecule has 0 aliphatic rings. The summed E-state index contributed by atoms with van der Waals surface area (Å²) in [5, 5.41) is 9.33. The highest BCUT2D eigenvalue weighted by Gasteiger charge is 2.23. The van der Waals surface area contributed by atoms with E-state index in [-0.39, 0.29) is 12.3 Å². The van der Waals surface area contributed by atoms with Gasteiger partial charge in [-0.15, -0.1) is 0 Å². The van der Waals surface area contributed by atoms with Gasteiger partial charge in [-0.3, -0.25) is 14.3 Å². The lowest BCUT2D eigenvalue weighted by Gasteiger charge is -2.21. The van der Waals surface area contributed by atoms with Crippen molar-refractivity contribution in [1.82, 2.24) is 4.90 Å². The third kappa shape index (κ3) is 9.46. The molecular weight excluding hydrogens is 506 g/mol. The number of aliphatic hydroxyl groups is 1. The SMILES string of the molecule is CS(=O)(=O)Nc1ccc(OCCN(CCO)CCc2ccc(NS(=O)(=O)S(C)(=O)=O)cc2)cc1. The first kappa shape index (κ1) is 27.9. The molecule has 0 atom stereocenters. The maximum absolute atomic E-state index is 11.7. The highest BCUT2D eigenvalue weighted by atomic mass is 33.2. The fourth-order valence-electron chi connectivity index (χ4n) is 2.85. The van der Waals surface area contributed by atoms with Crippen LogP contribution in [0, 0.1) is 0 Å². The topological polar surface area (TPSA) is 159 Å². The molecular formula is C20H29N3O8S3. The Morgan fingerprint density at radius 2 is 1.35 bits per heavy atom. The van der Waals surface area contributed by atoms with E-state index in [0.717, 1.165) is 11.8 Å². The molecule has 190 valence electrons. The molecule has 0 unspecified atom stereocenters. The van der Waals surface area contributed by atoms with Crippen molar-refractivity contribution in [3.8, 4) is 5.75 Å². The van der Waals surface area contributed by atoms with E-state index in [1.807, 2.05) is 9.62 Å². The summed E-state index contributed by atoms with van der Waals surface area (Å²) in [6.45, 7) is 1.90. The second kappa shape index (κ2) is 11.8. The van der Waals surface area contributed by atoms with E-state index in [2.05, 4.69) is 4.72 Å². The second-order valence-corrected chi connectivity index (χ2v) is 14.9. The molecule has 14 heteroatoms. The van der Waals surface area contributed by atoms with Crippen molar-refractivity contribution < 1.29 is 35.1 Å². The molecule has 0 heterocycles. The van der Waals surface area contributed by atoms with Crippen LogP contribution in [0.4, 0.5) is 11.4 Å². The van der Waals surface area contributed by atoms with E-state index >= 15 is 0 Å². The summed E-state index contributed by atoms with van der Waals surface area (Å²) in [5.74, 6) is 0.579. The van der Waals surface area contributed by atoms with Gasteiger partial charge in [0.2, 0.25) is 10.0 Å². The van der Waals surface area contributed by atoms with Crippen molar-refractivity contribution in [3.63, 3.8) is 0 Å². The molecule has 0 fully saturated rings. The van der Waals surface area contributed by atoms with Gasteiger partial charge < -0.3 is 9.84 Å². The summed E-state index contributed by atoms with van der Waals surface area (Å²) < 4.78 is 78.6. The molecule has 34 heavy (non-hydrogen) atoms. The van der Waals surface area contributed by atoms with Crippen molar-refractivity contribution >= 4 is 39.3 Å². The van der Waals surface area contributed by atoms with Gasteiger partial charge >= 0.3 is 9.06 Å². The van der Waals surface area contributed by atoms with Crippen LogP contribution in [0.25, 0.3) is 0 Å². The molecule has 0 aliphatic carbocycles. The molecule has 2 aromatic rings. The summed E-state index contributed by atoms with van der Waals surface area (Å²) in [7, 11) is -12.1. The maximum atomic E-state index is 11.7. The van der Waals surface area contributed by atoms with Gasteiger partial charge in [0, 0.05) is 31.0 Å². The summed E-state index contributed by atoms with van der Waals surface area (Å²) in [6.07, 6.45) is 2.31. The minimum atomic E-state index is -4.50. The van der Waals surface area contributed by atoms with Crippen molar-refractivity contribution in [2.45, 2.75) is 6.42 Å². The van der Waals surface area contributed by atoms with Crippen LogP contribution in [0.1, 0.15) is 5.56 Å². The zero-order valence-electron chi connectivity index (χ0n) is 18.8. The quantitative estimate of drug-likeness (QED) is 0.296. The van der Waals surface area contributed by atoms with E-state index in [1.54, 1.807) is 36.4 Å². The molecule has 2 rings (SSSR count). The lowest BCUT2D eigenvalue weighted by atomic mass is 10.1. The fourth-order valence-corrected chi connectivity index (χ4v) is 4.73. The zero-order valence-corrected chi connectivity index (χ0v) is 21.3. The van der Waals surface area contributed by atoms with Crippen LogP contribution in [-0.2, 0) is 34.4 Å². The first-order valence-electron chi connectivity index (χ1n) is 10.1. The standard InChI is InChI=1S/C20H29N3O8S3/c1-32(25,26)21-18-7-9-20(10-8-18)31-16-14-23(13-15-24)12-11-17-3-5-19(6-4-17)22-34(29,30)33(2,27)28/h3-10,21-22,24H,11-16H2,1-2H3. The molecule has 0 saturated carbocycles. The lowest BCUT2D eigenvalue weighted by Crippen LogP contribution is -2.33. The van der Waals surface area contributed by atoms with Gasteiger partial charge in [-0.25, -0.2) is 16.8 Å². The van der Waals surface area contributed by atoms with E-state index < -0.39 is 27.9 Å². The molecule has 0 spiro atoms. The second-order valence-electron chi connectivity index (χ2n) is 7.52. The number of nitrogens with zero attached hydrogens (tertiary/aromatic N) is 1. The smallest absolute Gasteiger partial charge is 0.338 e. The van der Waals surface area contributed by atoms with E-state index in [1.165, 1.54) is 12.1 Å². The Bertz CT molecular complexity index is 1250. The first-order chi connectivity index (χ1) is 15.8. The monoisotopic (exact) mass is 535 g/mol. The van der Waals surface area contributed by atoms with Gasteiger partial charge in [-0.2, -0.15) is 8.42 Å². The predicted molar refractivity (Wildman–Crippen MR) is 131 cm³/mol. The first-order valence-corrected chi connectivity index (χ1v) is 15.9. The predicted octanol–water partition coefficient (Wildman–Crippen LogP) is 0.675. The molecule has 11 nitrogen and oxygen atoms in total. The van der Waals surface area contributed by atoms with Crippen LogP contribution in [0.15, 0.2) is 48.5 Å². The Morgan fingerprint density at radius 3 is 1.88 bits per heavy atom. The highest BCUT2D eigenvalue weighted by molar-refractivity contribution is 8.67. The molecule has 0 saturated heterocycles. The molecule has 0 aliphatic heterocycles. The van der Waals surface area contributed by atoms with Crippen LogP contribution in [0.3, 0.4) is 0 Å². The molecule has 3 N–H and O–H groups in total. The number of hydrogen-bond acceptors (Lipinski definition) is 9. The minimum Gasteiger partial charge on any atom is -0.492 e. The molecule has 0 bridgehead atoms. The summed E-state index contributed by atoms with van der Waals surface area (Å²) in [6, 6.07) is 12.9. The van der Waals surface area contributed by atoms with Crippen LogP contribution in [0.2, 0.25) is 0 Å². The normalized spacial score (nSPS) is 12.5. The van der Waals surface area contributed by atoms with Crippen molar-refractivity contribution in [2.75, 3.05) is 54.8 Å². The number of benzene rings is 2. The molecule has 0 aromatic heterocycles. The zero-order chi connectivity index (χ0) is 25.4. The fraction of sp³-hybridized carbons (Fsp3) is 0.400. The van der Waals surface area contributed by atoms with Crippen LogP contribution < -0.4 is 14.2 Å². The number of sulfonamides is 1. The Hall–Kier alpha value is -2.39. The summed E-state index contributed by atoms with van der Waals surface area (Å²) >= 11 is 0. The Balaban J connectivity index is 1.85. The van der Waals surface area contributed by atoms with Crippen LogP contribution in [0.5, 0.6) is 5.75 Å².